The monoisotopic (exact) mass is 467 g/mol. The first kappa shape index (κ1) is 24.0. The molecule has 0 unspecified atom stereocenters. The Bertz CT molecular complexity index is 1270. The number of amides is 3. The van der Waals surface area contributed by atoms with E-state index in [0.29, 0.717) is 28.2 Å². The van der Waals surface area contributed by atoms with Crippen LogP contribution in [0.3, 0.4) is 0 Å². The van der Waals surface area contributed by atoms with Gasteiger partial charge in [0.15, 0.2) is 0 Å². The second kappa shape index (κ2) is 10.4. The quantitative estimate of drug-likeness (QED) is 0.417. The Hall–Kier alpha value is -4.19. The first-order valence-electron chi connectivity index (χ1n) is 11.8. The molecule has 1 aliphatic rings. The molecule has 3 aromatic rings. The summed E-state index contributed by atoms with van der Waals surface area (Å²) in [4.78, 5) is 39.7. The summed E-state index contributed by atoms with van der Waals surface area (Å²) in [6.45, 7) is 5.57. The van der Waals surface area contributed by atoms with Crippen LogP contribution < -0.4 is 15.5 Å². The number of aryl methyl sites for hydroxylation is 2. The molecule has 4 rings (SSSR count). The highest BCUT2D eigenvalue weighted by molar-refractivity contribution is 6.46. The van der Waals surface area contributed by atoms with Gasteiger partial charge in [0.05, 0.1) is 11.3 Å². The molecule has 1 heterocycles. The average Bonchev–Trinajstić information content (AvgIpc) is 3.08. The van der Waals surface area contributed by atoms with Crippen molar-refractivity contribution in [1.82, 2.24) is 0 Å². The van der Waals surface area contributed by atoms with Gasteiger partial charge in [-0.1, -0.05) is 55.3 Å². The lowest BCUT2D eigenvalue weighted by molar-refractivity contribution is -0.120. The summed E-state index contributed by atoms with van der Waals surface area (Å²) in [5.74, 6) is -0.932. The highest BCUT2D eigenvalue weighted by Crippen LogP contribution is 2.34. The van der Waals surface area contributed by atoms with Crippen molar-refractivity contribution in [2.24, 2.45) is 0 Å². The van der Waals surface area contributed by atoms with Crippen molar-refractivity contribution in [1.29, 1.82) is 0 Å². The smallest absolute Gasteiger partial charge is 0.282 e. The lowest BCUT2D eigenvalue weighted by atomic mass is 10.0. The molecule has 0 bridgehead atoms. The van der Waals surface area contributed by atoms with Gasteiger partial charge >= 0.3 is 0 Å². The van der Waals surface area contributed by atoms with Crippen molar-refractivity contribution in [3.05, 3.63) is 95.2 Å². The topological polar surface area (TPSA) is 78.5 Å². The van der Waals surface area contributed by atoms with Gasteiger partial charge in [-0.3, -0.25) is 14.4 Å². The van der Waals surface area contributed by atoms with Crippen LogP contribution in [0.4, 0.5) is 17.1 Å². The zero-order valence-electron chi connectivity index (χ0n) is 20.2. The first-order valence-corrected chi connectivity index (χ1v) is 11.8. The van der Waals surface area contributed by atoms with Gasteiger partial charge in [-0.25, -0.2) is 4.90 Å². The van der Waals surface area contributed by atoms with E-state index in [9.17, 15) is 14.4 Å². The van der Waals surface area contributed by atoms with Crippen LogP contribution in [0.25, 0.3) is 5.57 Å². The van der Waals surface area contributed by atoms with Crippen LogP contribution in [0, 0.1) is 6.92 Å². The molecular weight excluding hydrogens is 438 g/mol. The first-order chi connectivity index (χ1) is 16.9. The number of imide groups is 1. The van der Waals surface area contributed by atoms with Gasteiger partial charge in [0.2, 0.25) is 5.91 Å². The van der Waals surface area contributed by atoms with Gasteiger partial charge in [0.25, 0.3) is 11.8 Å². The maximum absolute atomic E-state index is 13.6. The fourth-order valence-corrected chi connectivity index (χ4v) is 4.05. The summed E-state index contributed by atoms with van der Waals surface area (Å²) >= 11 is 0. The molecule has 3 aromatic carbocycles. The van der Waals surface area contributed by atoms with Crippen LogP contribution in [0.1, 0.15) is 43.4 Å². The van der Waals surface area contributed by atoms with Gasteiger partial charge in [0.1, 0.15) is 5.70 Å². The lowest BCUT2D eigenvalue weighted by Crippen LogP contribution is -2.32. The number of nitrogens with zero attached hydrogens (tertiary/aromatic N) is 1. The number of benzene rings is 3. The second-order valence-corrected chi connectivity index (χ2v) is 8.72. The van der Waals surface area contributed by atoms with E-state index >= 15 is 0 Å². The lowest BCUT2D eigenvalue weighted by Gasteiger charge is -2.16. The third-order valence-corrected chi connectivity index (χ3v) is 5.91. The number of nitrogens with one attached hydrogen (secondary N) is 2. The molecule has 6 heteroatoms. The maximum Gasteiger partial charge on any atom is 0.282 e. The van der Waals surface area contributed by atoms with E-state index in [1.54, 1.807) is 24.3 Å². The van der Waals surface area contributed by atoms with E-state index in [1.165, 1.54) is 17.4 Å². The Labute approximate surface area is 205 Å². The highest BCUT2D eigenvalue weighted by atomic mass is 16.2. The Morgan fingerprint density at radius 3 is 2.06 bits per heavy atom. The SMILES string of the molecule is CCCCc1ccc(N2C(=O)C(Nc3ccc(NC(C)=O)cc3)=C(c3ccc(C)cc3)C2=O)cc1. The molecule has 0 saturated carbocycles. The van der Waals surface area contributed by atoms with Crippen LogP contribution in [0.15, 0.2) is 78.5 Å². The molecule has 0 spiro atoms. The van der Waals surface area contributed by atoms with Crippen LogP contribution in [0.2, 0.25) is 0 Å². The number of carbonyl (C=O) groups is 3. The van der Waals surface area contributed by atoms with E-state index in [-0.39, 0.29) is 17.5 Å². The largest absolute Gasteiger partial charge is 0.350 e. The minimum Gasteiger partial charge on any atom is -0.350 e. The van der Waals surface area contributed by atoms with E-state index in [0.717, 1.165) is 24.8 Å². The van der Waals surface area contributed by atoms with Crippen molar-refractivity contribution < 1.29 is 14.4 Å². The van der Waals surface area contributed by atoms with E-state index < -0.39 is 5.91 Å². The molecule has 1 aliphatic heterocycles. The van der Waals surface area contributed by atoms with Crippen molar-refractivity contribution >= 4 is 40.4 Å². The van der Waals surface area contributed by atoms with Crippen molar-refractivity contribution in [2.45, 2.75) is 40.0 Å². The summed E-state index contributed by atoms with van der Waals surface area (Å²) in [6, 6.07) is 22.2. The summed E-state index contributed by atoms with van der Waals surface area (Å²) in [6.07, 6.45) is 3.16. The van der Waals surface area contributed by atoms with Crippen molar-refractivity contribution in [3.63, 3.8) is 0 Å². The van der Waals surface area contributed by atoms with Crippen molar-refractivity contribution in [2.75, 3.05) is 15.5 Å². The predicted molar refractivity (Wildman–Crippen MR) is 140 cm³/mol. The fourth-order valence-electron chi connectivity index (χ4n) is 4.05. The number of hydrogen-bond acceptors (Lipinski definition) is 4. The van der Waals surface area contributed by atoms with Gasteiger partial charge in [-0.05, 0) is 67.3 Å². The maximum atomic E-state index is 13.6. The standard InChI is InChI=1S/C29H29N3O3/c1-4-5-6-21-9-17-25(18-10-21)32-28(34)26(22-11-7-19(2)8-12-22)27(29(32)35)31-24-15-13-23(14-16-24)30-20(3)33/h7-18,31H,4-6H2,1-3H3,(H,30,33). The zero-order chi connectivity index (χ0) is 24.9. The molecule has 0 atom stereocenters. The minimum atomic E-state index is -0.405. The molecule has 0 radical (unpaired) electrons. The second-order valence-electron chi connectivity index (χ2n) is 8.72. The average molecular weight is 468 g/mol. The number of anilines is 3. The van der Waals surface area contributed by atoms with E-state index in [4.69, 9.17) is 0 Å². The van der Waals surface area contributed by atoms with Crippen LogP contribution in [-0.4, -0.2) is 17.7 Å². The van der Waals surface area contributed by atoms with Crippen LogP contribution >= 0.6 is 0 Å². The van der Waals surface area contributed by atoms with Gasteiger partial charge < -0.3 is 10.6 Å². The van der Waals surface area contributed by atoms with Gasteiger partial charge in [0, 0.05) is 18.3 Å². The summed E-state index contributed by atoms with van der Waals surface area (Å²) in [5.41, 5.74) is 5.30. The Morgan fingerprint density at radius 1 is 0.829 bits per heavy atom. The molecule has 2 N–H and O–H groups in total. The number of unbranched alkanes of at least 4 members (excludes halogenated alkanes) is 1. The third-order valence-electron chi connectivity index (χ3n) is 5.91. The van der Waals surface area contributed by atoms with E-state index in [2.05, 4.69) is 17.6 Å². The molecule has 0 aliphatic carbocycles. The molecule has 178 valence electrons. The normalized spacial score (nSPS) is 13.4. The Balaban J connectivity index is 1.68. The molecule has 0 saturated heterocycles. The summed E-state index contributed by atoms with van der Waals surface area (Å²) < 4.78 is 0. The molecular formula is C29H29N3O3. The predicted octanol–water partition coefficient (Wildman–Crippen LogP) is 5.69. The molecule has 0 fully saturated rings. The third kappa shape index (κ3) is 5.32. The molecule has 3 amide bonds. The molecule has 6 nitrogen and oxygen atoms in total. The number of rotatable bonds is 8. The molecule has 35 heavy (non-hydrogen) atoms. The Kier molecular flexibility index (Phi) is 7.11. The van der Waals surface area contributed by atoms with E-state index in [1.807, 2.05) is 55.5 Å². The fraction of sp³-hybridized carbons (Fsp3) is 0.207. The summed E-state index contributed by atoms with van der Waals surface area (Å²) in [5, 5.41) is 5.88. The number of carbonyl (C=O) groups excluding carboxylic acids is 3. The number of hydrogen-bond donors (Lipinski definition) is 2. The van der Waals surface area contributed by atoms with Crippen LogP contribution in [0.5, 0.6) is 0 Å². The zero-order valence-corrected chi connectivity index (χ0v) is 20.2. The summed E-state index contributed by atoms with van der Waals surface area (Å²) in [7, 11) is 0. The molecule has 0 aromatic heterocycles. The van der Waals surface area contributed by atoms with Crippen LogP contribution in [-0.2, 0) is 20.8 Å². The highest BCUT2D eigenvalue weighted by Gasteiger charge is 2.40. The van der Waals surface area contributed by atoms with Gasteiger partial charge in [-0.2, -0.15) is 0 Å². The Morgan fingerprint density at radius 2 is 1.46 bits per heavy atom. The minimum absolute atomic E-state index is 0.164. The van der Waals surface area contributed by atoms with Crippen molar-refractivity contribution in [3.8, 4) is 0 Å². The van der Waals surface area contributed by atoms with Gasteiger partial charge in [-0.15, -0.1) is 0 Å².